The van der Waals surface area contributed by atoms with Crippen LogP contribution < -0.4 is 11.5 Å². The van der Waals surface area contributed by atoms with E-state index in [0.717, 1.165) is 27.8 Å². The van der Waals surface area contributed by atoms with Gasteiger partial charge in [-0.1, -0.05) is 140 Å². The molecular weight excluding hydrogens is 585 g/mol. The van der Waals surface area contributed by atoms with Gasteiger partial charge in [-0.2, -0.15) is 0 Å². The number of nitrogens with two attached hydrogens (primary N) is 2. The highest BCUT2D eigenvalue weighted by Crippen LogP contribution is 2.33. The minimum atomic E-state index is 0.380. The van der Waals surface area contributed by atoms with E-state index >= 15 is 0 Å². The summed E-state index contributed by atoms with van der Waals surface area (Å²) < 4.78 is 0. The van der Waals surface area contributed by atoms with Crippen LogP contribution in [0.2, 0.25) is 0 Å². The van der Waals surface area contributed by atoms with Gasteiger partial charge in [-0.25, -0.2) is 9.97 Å². The molecule has 48 heavy (non-hydrogen) atoms. The summed E-state index contributed by atoms with van der Waals surface area (Å²) in [4.78, 5) is 8.31. The summed E-state index contributed by atoms with van der Waals surface area (Å²) in [5.74, 6) is 9.32. The van der Waals surface area contributed by atoms with Crippen LogP contribution in [-0.4, -0.2) is 9.97 Å². The van der Waals surface area contributed by atoms with Crippen molar-refractivity contribution in [1.82, 2.24) is 9.97 Å². The van der Waals surface area contributed by atoms with Gasteiger partial charge < -0.3 is 11.5 Å². The van der Waals surface area contributed by atoms with Crippen molar-refractivity contribution in [3.8, 4) is 11.8 Å². The molecule has 4 N–H and O–H groups in total. The van der Waals surface area contributed by atoms with Crippen molar-refractivity contribution in [1.29, 1.82) is 0 Å². The summed E-state index contributed by atoms with van der Waals surface area (Å²) in [6.45, 7) is 17.6. The molecule has 4 aromatic carbocycles. The summed E-state index contributed by atoms with van der Waals surface area (Å²) in [6.07, 6.45) is 3.49. The lowest BCUT2D eigenvalue weighted by molar-refractivity contribution is 0.866. The van der Waals surface area contributed by atoms with Gasteiger partial charge in [0, 0.05) is 11.1 Å². The Labute approximate surface area is 288 Å². The maximum absolute atomic E-state index is 6.18. The second-order valence-corrected chi connectivity index (χ2v) is 13.5. The molecule has 0 atom stereocenters. The Balaban J connectivity index is 0.000000229. The predicted octanol–water partition coefficient (Wildman–Crippen LogP) is 10.8. The predicted molar refractivity (Wildman–Crippen MR) is 206 cm³/mol. The molecular formula is C44H50N4. The Morgan fingerprint density at radius 1 is 0.500 bits per heavy atom. The van der Waals surface area contributed by atoms with Crippen LogP contribution in [0.5, 0.6) is 0 Å². The van der Waals surface area contributed by atoms with E-state index in [9.17, 15) is 0 Å². The van der Waals surface area contributed by atoms with Crippen molar-refractivity contribution >= 4 is 23.3 Å². The van der Waals surface area contributed by atoms with Crippen LogP contribution in [0.25, 0.3) is 11.6 Å². The number of anilines is 2. The van der Waals surface area contributed by atoms with E-state index in [4.69, 9.17) is 11.5 Å². The van der Waals surface area contributed by atoms with Crippen molar-refractivity contribution < 1.29 is 0 Å². The highest BCUT2D eigenvalue weighted by atomic mass is 15.0. The topological polar surface area (TPSA) is 77.8 Å². The Hall–Kier alpha value is -5.14. The van der Waals surface area contributed by atoms with Crippen LogP contribution in [0.4, 0.5) is 11.6 Å². The van der Waals surface area contributed by atoms with Gasteiger partial charge in [0.2, 0.25) is 0 Å². The zero-order chi connectivity index (χ0) is 34.8. The molecule has 1 heterocycles. The van der Waals surface area contributed by atoms with Gasteiger partial charge in [-0.15, -0.1) is 0 Å². The number of nitrogen functional groups attached to an aromatic ring is 2. The molecule has 4 heteroatoms. The number of nitrogens with zero attached hydrogens (tertiary/aromatic N) is 2. The minimum Gasteiger partial charge on any atom is -0.383 e. The molecule has 5 aromatic rings. The van der Waals surface area contributed by atoms with E-state index < -0.39 is 0 Å². The third-order valence-corrected chi connectivity index (χ3v) is 8.48. The maximum Gasteiger partial charge on any atom is 0.136 e. The third kappa shape index (κ3) is 9.69. The first kappa shape index (κ1) is 35.7. The van der Waals surface area contributed by atoms with Crippen molar-refractivity contribution in [2.24, 2.45) is 0 Å². The van der Waals surface area contributed by atoms with Crippen LogP contribution in [0.1, 0.15) is 129 Å². The average Bonchev–Trinajstić information content (AvgIpc) is 3.07. The van der Waals surface area contributed by atoms with Gasteiger partial charge in [0.05, 0.1) is 5.56 Å². The lowest BCUT2D eigenvalue weighted by Crippen LogP contribution is -2.05. The smallest absolute Gasteiger partial charge is 0.136 e. The van der Waals surface area contributed by atoms with E-state index in [1.165, 1.54) is 28.6 Å². The van der Waals surface area contributed by atoms with Crippen LogP contribution in [0.3, 0.4) is 0 Å². The van der Waals surface area contributed by atoms with E-state index in [1.54, 1.807) is 0 Å². The molecule has 0 unspecified atom stereocenters. The second kappa shape index (κ2) is 16.6. The van der Waals surface area contributed by atoms with Crippen molar-refractivity contribution in [3.63, 3.8) is 0 Å². The average molecular weight is 635 g/mol. The lowest BCUT2D eigenvalue weighted by Gasteiger charge is -2.14. The first-order valence-corrected chi connectivity index (χ1v) is 16.9. The first-order chi connectivity index (χ1) is 22.9. The van der Waals surface area contributed by atoms with Gasteiger partial charge in [-0.3, -0.25) is 0 Å². The zero-order valence-corrected chi connectivity index (χ0v) is 29.8. The highest BCUT2D eigenvalue weighted by Gasteiger charge is 2.15. The molecule has 0 aliphatic carbocycles. The SMILES string of the molecule is CC(C)c1ccc(C#Cc2ccc(C(C)C)cc2)cc1.CC(C)c1ccc(C=C(c2ccc(C(C)C)cc2)c2c(N)ncnc2N)cc1. The molecule has 0 bridgehead atoms. The van der Waals surface area contributed by atoms with Crippen LogP contribution in [0.15, 0.2) is 103 Å². The third-order valence-electron chi connectivity index (χ3n) is 8.48. The molecule has 4 nitrogen and oxygen atoms in total. The number of hydrogen-bond donors (Lipinski definition) is 2. The van der Waals surface area contributed by atoms with E-state index in [0.29, 0.717) is 40.9 Å². The largest absolute Gasteiger partial charge is 0.383 e. The summed E-state index contributed by atoms with van der Waals surface area (Å²) in [5, 5.41) is 0. The monoisotopic (exact) mass is 634 g/mol. The normalized spacial score (nSPS) is 11.4. The van der Waals surface area contributed by atoms with Gasteiger partial charge in [0.15, 0.2) is 0 Å². The zero-order valence-electron chi connectivity index (χ0n) is 29.8. The van der Waals surface area contributed by atoms with Crippen LogP contribution >= 0.6 is 0 Å². The summed E-state index contributed by atoms with van der Waals surface area (Å²) in [5.41, 5.74) is 23.5. The molecule has 0 amide bonds. The minimum absolute atomic E-state index is 0.380. The van der Waals surface area contributed by atoms with E-state index in [-0.39, 0.29) is 0 Å². The van der Waals surface area contributed by atoms with Gasteiger partial charge in [0.1, 0.15) is 18.0 Å². The molecule has 0 aliphatic rings. The molecule has 0 saturated heterocycles. The lowest BCUT2D eigenvalue weighted by atomic mass is 9.93. The maximum atomic E-state index is 6.18. The van der Waals surface area contributed by atoms with Crippen molar-refractivity contribution in [2.45, 2.75) is 79.1 Å². The number of benzene rings is 4. The summed E-state index contributed by atoms with van der Waals surface area (Å²) in [6, 6.07) is 34.1. The molecule has 5 rings (SSSR count). The standard InChI is InChI=1S/C24H28N4.C20H22/c1-15(2)18-7-5-17(6-8-18)13-21(22-23(25)27-14-28-24(22)26)20-11-9-19(10-12-20)16(3)4;1-15(2)19-11-7-17(8-12-19)5-6-18-9-13-20(14-10-18)16(3)4/h5-16H,1-4H3,(H4,25,26,27,28);7-16H,1-4H3. The molecule has 246 valence electrons. The van der Waals surface area contributed by atoms with Gasteiger partial charge in [0.25, 0.3) is 0 Å². The summed E-state index contributed by atoms with van der Waals surface area (Å²) >= 11 is 0. The Bertz CT molecular complexity index is 1770. The van der Waals surface area contributed by atoms with Crippen LogP contribution in [0, 0.1) is 11.8 Å². The summed E-state index contributed by atoms with van der Waals surface area (Å²) in [7, 11) is 0. The molecule has 0 saturated carbocycles. The number of hydrogen-bond acceptors (Lipinski definition) is 4. The first-order valence-electron chi connectivity index (χ1n) is 16.9. The van der Waals surface area contributed by atoms with Crippen molar-refractivity contribution in [3.05, 3.63) is 153 Å². The number of rotatable bonds is 7. The quantitative estimate of drug-likeness (QED) is 0.138. The second-order valence-electron chi connectivity index (χ2n) is 13.5. The molecule has 0 aliphatic heterocycles. The highest BCUT2D eigenvalue weighted by molar-refractivity contribution is 5.97. The Morgan fingerprint density at radius 3 is 1.19 bits per heavy atom. The number of aromatic nitrogens is 2. The molecule has 0 fully saturated rings. The van der Waals surface area contributed by atoms with E-state index in [2.05, 4.69) is 180 Å². The van der Waals surface area contributed by atoms with Gasteiger partial charge in [-0.05, 0) is 93.0 Å². The Kier molecular flexibility index (Phi) is 12.4. The van der Waals surface area contributed by atoms with Crippen molar-refractivity contribution in [2.75, 3.05) is 11.5 Å². The van der Waals surface area contributed by atoms with Crippen LogP contribution in [-0.2, 0) is 0 Å². The molecule has 1 aromatic heterocycles. The molecule has 0 spiro atoms. The van der Waals surface area contributed by atoms with Gasteiger partial charge >= 0.3 is 0 Å². The van der Waals surface area contributed by atoms with E-state index in [1.807, 2.05) is 0 Å². The fraction of sp³-hybridized carbons (Fsp3) is 0.273. The Morgan fingerprint density at radius 2 is 0.833 bits per heavy atom. The molecule has 0 radical (unpaired) electrons. The fourth-order valence-corrected chi connectivity index (χ4v) is 5.23. The fourth-order valence-electron chi connectivity index (χ4n) is 5.23.